The molecule has 1 aliphatic rings. The van der Waals surface area contributed by atoms with Gasteiger partial charge in [0.1, 0.15) is 0 Å². The summed E-state index contributed by atoms with van der Waals surface area (Å²) in [4.78, 5) is 19.1. The third-order valence-corrected chi connectivity index (χ3v) is 6.21. The Balaban J connectivity index is 1.36. The van der Waals surface area contributed by atoms with Gasteiger partial charge in [0.2, 0.25) is 5.91 Å². The molecule has 0 radical (unpaired) electrons. The second-order valence-electron chi connectivity index (χ2n) is 6.50. The van der Waals surface area contributed by atoms with Crippen LogP contribution in [-0.2, 0) is 4.79 Å². The quantitative estimate of drug-likeness (QED) is 0.570. The van der Waals surface area contributed by atoms with E-state index in [2.05, 4.69) is 18.2 Å². The van der Waals surface area contributed by atoms with Crippen molar-refractivity contribution in [2.75, 3.05) is 13.1 Å². The van der Waals surface area contributed by atoms with E-state index in [1.165, 1.54) is 9.71 Å². The van der Waals surface area contributed by atoms with Gasteiger partial charge >= 0.3 is 0 Å². The number of fused-ring (bicyclic) bond motifs is 1. The van der Waals surface area contributed by atoms with Crippen LogP contribution in [0.1, 0.15) is 29.3 Å². The van der Waals surface area contributed by atoms with Crippen LogP contribution in [0.3, 0.4) is 0 Å². The highest BCUT2D eigenvalue weighted by Gasteiger charge is 2.24. The number of thiazole rings is 1. The van der Waals surface area contributed by atoms with E-state index in [-0.39, 0.29) is 5.91 Å². The summed E-state index contributed by atoms with van der Waals surface area (Å²) in [6.45, 7) is 1.56. The van der Waals surface area contributed by atoms with Crippen molar-refractivity contribution in [2.24, 2.45) is 0 Å². The standard InChI is InChI=1S/C21H19ClN2OS/c22-17-8-5-15(6-9-17)7-10-20(25)24-13-11-16(12-14-24)21-23-18-3-1-2-4-19(18)26-21/h1-10,16H,11-14H2. The van der Waals surface area contributed by atoms with E-state index in [9.17, 15) is 4.79 Å². The number of carbonyl (C=O) groups is 1. The van der Waals surface area contributed by atoms with E-state index in [0.717, 1.165) is 37.0 Å². The molecule has 1 aliphatic heterocycles. The lowest BCUT2D eigenvalue weighted by Crippen LogP contribution is -2.36. The summed E-state index contributed by atoms with van der Waals surface area (Å²) in [7, 11) is 0. The largest absolute Gasteiger partial charge is 0.339 e. The van der Waals surface area contributed by atoms with Crippen molar-refractivity contribution in [1.29, 1.82) is 0 Å². The number of benzene rings is 2. The highest BCUT2D eigenvalue weighted by atomic mass is 35.5. The molecule has 3 aromatic rings. The predicted octanol–water partition coefficient (Wildman–Crippen LogP) is 5.37. The number of aromatic nitrogens is 1. The number of rotatable bonds is 3. The van der Waals surface area contributed by atoms with E-state index < -0.39 is 0 Å². The van der Waals surface area contributed by atoms with E-state index in [0.29, 0.717) is 10.9 Å². The zero-order valence-electron chi connectivity index (χ0n) is 14.3. The fourth-order valence-electron chi connectivity index (χ4n) is 3.26. The van der Waals surface area contributed by atoms with Crippen molar-refractivity contribution in [2.45, 2.75) is 18.8 Å². The molecule has 0 spiro atoms. The molecule has 1 amide bonds. The molecule has 0 saturated carbocycles. The van der Waals surface area contributed by atoms with Crippen LogP contribution in [-0.4, -0.2) is 28.9 Å². The van der Waals surface area contributed by atoms with Crippen LogP contribution in [0.2, 0.25) is 5.02 Å². The second kappa shape index (κ2) is 7.60. The number of hydrogen-bond donors (Lipinski definition) is 0. The first kappa shape index (κ1) is 17.3. The van der Waals surface area contributed by atoms with Crippen molar-refractivity contribution >= 4 is 45.1 Å². The fourth-order valence-corrected chi connectivity index (χ4v) is 4.52. The van der Waals surface area contributed by atoms with Crippen molar-refractivity contribution in [3.8, 4) is 0 Å². The Morgan fingerprint density at radius 3 is 2.58 bits per heavy atom. The van der Waals surface area contributed by atoms with Gasteiger partial charge in [-0.1, -0.05) is 35.9 Å². The van der Waals surface area contributed by atoms with Gasteiger partial charge in [-0.05, 0) is 48.7 Å². The third kappa shape index (κ3) is 3.81. The molecule has 2 aromatic carbocycles. The normalized spacial score (nSPS) is 15.8. The van der Waals surface area contributed by atoms with Crippen molar-refractivity contribution in [3.05, 3.63) is 70.2 Å². The number of halogens is 1. The molecular formula is C21H19ClN2OS. The van der Waals surface area contributed by atoms with Crippen LogP contribution in [0, 0.1) is 0 Å². The third-order valence-electron chi connectivity index (χ3n) is 4.75. The highest BCUT2D eigenvalue weighted by molar-refractivity contribution is 7.18. The SMILES string of the molecule is O=C(C=Cc1ccc(Cl)cc1)N1CCC(c2nc3ccccc3s2)CC1. The van der Waals surface area contributed by atoms with Crippen LogP contribution in [0.4, 0.5) is 0 Å². The molecule has 1 saturated heterocycles. The van der Waals surface area contributed by atoms with Crippen molar-refractivity contribution in [1.82, 2.24) is 9.88 Å². The van der Waals surface area contributed by atoms with Crippen LogP contribution in [0.15, 0.2) is 54.6 Å². The van der Waals surface area contributed by atoms with E-state index in [4.69, 9.17) is 16.6 Å². The van der Waals surface area contributed by atoms with E-state index in [1.807, 2.05) is 41.3 Å². The maximum atomic E-state index is 12.4. The molecule has 132 valence electrons. The summed E-state index contributed by atoms with van der Waals surface area (Å²) < 4.78 is 1.24. The van der Waals surface area contributed by atoms with Gasteiger partial charge in [-0.3, -0.25) is 4.79 Å². The fraction of sp³-hybridized carbons (Fsp3) is 0.238. The van der Waals surface area contributed by atoms with Crippen LogP contribution >= 0.6 is 22.9 Å². The first-order valence-corrected chi connectivity index (χ1v) is 9.96. The number of amides is 1. The lowest BCUT2D eigenvalue weighted by Gasteiger charge is -2.30. The summed E-state index contributed by atoms with van der Waals surface area (Å²) in [5.41, 5.74) is 2.06. The second-order valence-corrected chi connectivity index (χ2v) is 8.00. The topological polar surface area (TPSA) is 33.2 Å². The molecular weight excluding hydrogens is 364 g/mol. The Morgan fingerprint density at radius 1 is 1.12 bits per heavy atom. The summed E-state index contributed by atoms with van der Waals surface area (Å²) in [6, 6.07) is 15.7. The zero-order valence-corrected chi connectivity index (χ0v) is 15.8. The van der Waals surface area contributed by atoms with Gasteiger partial charge < -0.3 is 4.90 Å². The molecule has 5 heteroatoms. The van der Waals surface area contributed by atoms with Gasteiger partial charge in [-0.2, -0.15) is 0 Å². The lowest BCUT2D eigenvalue weighted by molar-refractivity contribution is -0.126. The Hall–Kier alpha value is -2.17. The molecule has 2 heterocycles. The molecule has 0 bridgehead atoms. The monoisotopic (exact) mass is 382 g/mol. The predicted molar refractivity (Wildman–Crippen MR) is 109 cm³/mol. The van der Waals surface area contributed by atoms with Gasteiger partial charge in [0, 0.05) is 30.1 Å². The minimum absolute atomic E-state index is 0.0719. The molecule has 0 atom stereocenters. The van der Waals surface area contributed by atoms with Gasteiger partial charge in [-0.25, -0.2) is 4.98 Å². The molecule has 1 fully saturated rings. The molecule has 1 aromatic heterocycles. The van der Waals surface area contributed by atoms with Crippen molar-refractivity contribution in [3.63, 3.8) is 0 Å². The summed E-state index contributed by atoms with van der Waals surface area (Å²) in [6.07, 6.45) is 5.44. The maximum Gasteiger partial charge on any atom is 0.246 e. The summed E-state index contributed by atoms with van der Waals surface area (Å²) in [5.74, 6) is 0.527. The Morgan fingerprint density at radius 2 is 1.85 bits per heavy atom. The molecule has 0 N–H and O–H groups in total. The average Bonchev–Trinajstić information content (AvgIpc) is 3.12. The minimum Gasteiger partial charge on any atom is -0.339 e. The Labute approximate surface area is 161 Å². The number of likely N-dealkylation sites (tertiary alicyclic amines) is 1. The highest BCUT2D eigenvalue weighted by Crippen LogP contribution is 2.33. The summed E-state index contributed by atoms with van der Waals surface area (Å²) >= 11 is 7.67. The van der Waals surface area contributed by atoms with Crippen molar-refractivity contribution < 1.29 is 4.79 Å². The Bertz CT molecular complexity index is 907. The average molecular weight is 383 g/mol. The van der Waals surface area contributed by atoms with Gasteiger partial charge in [0.25, 0.3) is 0 Å². The molecule has 3 nitrogen and oxygen atoms in total. The van der Waals surface area contributed by atoms with Crippen LogP contribution in [0.25, 0.3) is 16.3 Å². The molecule has 4 rings (SSSR count). The smallest absolute Gasteiger partial charge is 0.246 e. The zero-order chi connectivity index (χ0) is 17.9. The number of nitrogens with zero attached hydrogens (tertiary/aromatic N) is 2. The number of hydrogen-bond acceptors (Lipinski definition) is 3. The molecule has 0 aliphatic carbocycles. The minimum atomic E-state index is 0.0719. The van der Waals surface area contributed by atoms with Crippen LogP contribution in [0.5, 0.6) is 0 Å². The van der Waals surface area contributed by atoms with E-state index in [1.54, 1.807) is 17.4 Å². The van der Waals surface area contributed by atoms with E-state index >= 15 is 0 Å². The van der Waals surface area contributed by atoms with Crippen LogP contribution < -0.4 is 0 Å². The van der Waals surface area contributed by atoms with Gasteiger partial charge in [-0.15, -0.1) is 11.3 Å². The first-order valence-electron chi connectivity index (χ1n) is 8.77. The van der Waals surface area contributed by atoms with Gasteiger partial charge in [0.05, 0.1) is 15.2 Å². The van der Waals surface area contributed by atoms with Gasteiger partial charge in [0.15, 0.2) is 0 Å². The first-order chi connectivity index (χ1) is 12.7. The lowest BCUT2D eigenvalue weighted by atomic mass is 9.97. The molecule has 0 unspecified atom stereocenters. The Kier molecular flexibility index (Phi) is 5.05. The summed E-state index contributed by atoms with van der Waals surface area (Å²) in [5, 5.41) is 1.90. The number of para-hydroxylation sites is 1. The molecule has 26 heavy (non-hydrogen) atoms. The number of carbonyl (C=O) groups excluding carboxylic acids is 1. The number of piperidine rings is 1. The maximum absolute atomic E-state index is 12.4.